The van der Waals surface area contributed by atoms with Crippen LogP contribution in [0.3, 0.4) is 0 Å². The lowest BCUT2D eigenvalue weighted by Gasteiger charge is -2.16. The van der Waals surface area contributed by atoms with Crippen molar-refractivity contribution in [3.63, 3.8) is 0 Å². The van der Waals surface area contributed by atoms with Crippen LogP contribution in [0.1, 0.15) is 34.6 Å². The molecule has 0 N–H and O–H groups in total. The largest absolute Gasteiger partial charge is 0.493 e. The van der Waals surface area contributed by atoms with Crippen LogP contribution < -0.4 is 9.47 Å². The van der Waals surface area contributed by atoms with Crippen LogP contribution in [-0.2, 0) is 19.6 Å². The molecule has 0 aliphatic rings. The Bertz CT molecular complexity index is 1190. The smallest absolute Gasteiger partial charge is 0.289 e. The molecule has 0 bridgehead atoms. The van der Waals surface area contributed by atoms with E-state index in [2.05, 4.69) is 0 Å². The zero-order chi connectivity index (χ0) is 21.8. The number of fused-ring (bicyclic) bond motifs is 1. The highest BCUT2D eigenvalue weighted by Crippen LogP contribution is 2.29. The first-order valence-corrected chi connectivity index (χ1v) is 10.2. The van der Waals surface area contributed by atoms with Crippen LogP contribution in [0.4, 0.5) is 0 Å². The predicted molar refractivity (Wildman–Crippen MR) is 117 cm³/mol. The van der Waals surface area contributed by atoms with Gasteiger partial charge in [-0.15, -0.1) is 0 Å². The summed E-state index contributed by atoms with van der Waals surface area (Å²) >= 11 is 0. The molecule has 0 spiro atoms. The van der Waals surface area contributed by atoms with Crippen LogP contribution in [0.2, 0.25) is 0 Å². The predicted octanol–water partition coefficient (Wildman–Crippen LogP) is 5.45. The number of aryl methyl sites for hydroxylation is 1. The molecular formula is C25H25NO5. The fraction of sp³-hybridized carbons (Fsp3) is 0.240. The third-order valence-electron chi connectivity index (χ3n) is 5.16. The van der Waals surface area contributed by atoms with Crippen molar-refractivity contribution in [2.75, 3.05) is 14.2 Å². The van der Waals surface area contributed by atoms with Gasteiger partial charge < -0.3 is 23.2 Å². The number of ether oxygens (including phenoxy) is 2. The van der Waals surface area contributed by atoms with Crippen LogP contribution in [0.5, 0.6) is 11.5 Å². The molecule has 1 amide bonds. The van der Waals surface area contributed by atoms with Gasteiger partial charge in [-0.25, -0.2) is 0 Å². The molecule has 0 saturated heterocycles. The zero-order valence-electron chi connectivity index (χ0n) is 17.9. The van der Waals surface area contributed by atoms with Gasteiger partial charge in [0, 0.05) is 31.0 Å². The van der Waals surface area contributed by atoms with E-state index in [9.17, 15) is 4.79 Å². The lowest BCUT2D eigenvalue weighted by Crippen LogP contribution is -2.26. The summed E-state index contributed by atoms with van der Waals surface area (Å²) in [4.78, 5) is 14.6. The number of hydrogen-bond acceptors (Lipinski definition) is 5. The van der Waals surface area contributed by atoms with Crippen molar-refractivity contribution in [3.8, 4) is 11.5 Å². The topological polar surface area (TPSA) is 65.1 Å². The third kappa shape index (κ3) is 4.28. The molecule has 0 radical (unpaired) electrons. The number of benzene rings is 2. The summed E-state index contributed by atoms with van der Waals surface area (Å²) in [5.74, 6) is 2.79. The maximum Gasteiger partial charge on any atom is 0.289 e. The number of furan rings is 2. The highest BCUT2D eigenvalue weighted by molar-refractivity contribution is 5.92. The fourth-order valence-electron chi connectivity index (χ4n) is 3.56. The molecule has 2 aromatic heterocycles. The minimum atomic E-state index is -0.198. The molecule has 160 valence electrons. The molecule has 4 rings (SSSR count). The summed E-state index contributed by atoms with van der Waals surface area (Å²) in [5, 5.41) is 1.03. The summed E-state index contributed by atoms with van der Waals surface area (Å²) in [6.07, 6.45) is 0.761. The third-order valence-corrected chi connectivity index (χ3v) is 5.16. The van der Waals surface area contributed by atoms with Crippen molar-refractivity contribution >= 4 is 16.9 Å². The van der Waals surface area contributed by atoms with Crippen molar-refractivity contribution in [1.82, 2.24) is 4.90 Å². The molecule has 2 aromatic carbocycles. The second kappa shape index (κ2) is 9.00. The molecule has 0 aliphatic carbocycles. The average molecular weight is 419 g/mol. The van der Waals surface area contributed by atoms with E-state index in [0.29, 0.717) is 23.8 Å². The monoisotopic (exact) mass is 419 g/mol. The van der Waals surface area contributed by atoms with Crippen LogP contribution in [0.25, 0.3) is 11.0 Å². The molecular weight excluding hydrogens is 394 g/mol. The second-order valence-electron chi connectivity index (χ2n) is 7.22. The van der Waals surface area contributed by atoms with Crippen LogP contribution in [0, 0.1) is 0 Å². The van der Waals surface area contributed by atoms with E-state index < -0.39 is 0 Å². The number of rotatable bonds is 8. The Hall–Kier alpha value is -3.67. The quantitative estimate of drug-likeness (QED) is 0.380. The SMILES string of the molecule is CCc1oc2ccccc2c1CN(C)C(=O)c1ccc(COc2ccccc2OC)o1. The van der Waals surface area contributed by atoms with E-state index in [4.69, 9.17) is 18.3 Å². The van der Waals surface area contributed by atoms with Gasteiger partial charge in [-0.2, -0.15) is 0 Å². The Morgan fingerprint density at radius 2 is 1.71 bits per heavy atom. The first-order chi connectivity index (χ1) is 15.1. The van der Waals surface area contributed by atoms with Gasteiger partial charge in [0.1, 0.15) is 23.7 Å². The molecule has 31 heavy (non-hydrogen) atoms. The molecule has 6 heteroatoms. The number of para-hydroxylation sites is 3. The minimum absolute atomic E-state index is 0.198. The standard InChI is InChI=1S/C25H25NO5/c1-4-20-19(18-9-5-6-10-21(18)31-20)15-26(2)25(27)24-14-13-17(30-24)16-29-23-12-8-7-11-22(23)28-3/h5-14H,4,15-16H2,1-3H3. The zero-order valence-corrected chi connectivity index (χ0v) is 17.9. The fourth-order valence-corrected chi connectivity index (χ4v) is 3.56. The molecule has 0 fully saturated rings. The van der Waals surface area contributed by atoms with Gasteiger partial charge in [0.2, 0.25) is 0 Å². The van der Waals surface area contributed by atoms with E-state index >= 15 is 0 Å². The molecule has 2 heterocycles. The maximum atomic E-state index is 12.9. The van der Waals surface area contributed by atoms with Gasteiger partial charge in [-0.05, 0) is 30.3 Å². The lowest BCUT2D eigenvalue weighted by atomic mass is 10.1. The second-order valence-corrected chi connectivity index (χ2v) is 7.22. The number of methoxy groups -OCH3 is 1. The Labute approximate surface area is 181 Å². The number of carbonyl (C=O) groups excluding carboxylic acids is 1. The molecule has 4 aromatic rings. The normalized spacial score (nSPS) is 10.9. The Kier molecular flexibility index (Phi) is 5.98. The number of amides is 1. The lowest BCUT2D eigenvalue weighted by molar-refractivity contribution is 0.0749. The Morgan fingerprint density at radius 3 is 2.48 bits per heavy atom. The van der Waals surface area contributed by atoms with Crippen molar-refractivity contribution in [2.45, 2.75) is 26.5 Å². The van der Waals surface area contributed by atoms with Crippen LogP contribution in [-0.4, -0.2) is 25.0 Å². The summed E-state index contributed by atoms with van der Waals surface area (Å²) < 4.78 is 22.7. The first-order valence-electron chi connectivity index (χ1n) is 10.2. The van der Waals surface area contributed by atoms with Crippen LogP contribution in [0.15, 0.2) is 69.5 Å². The number of nitrogens with zero attached hydrogens (tertiary/aromatic N) is 1. The van der Waals surface area contributed by atoms with Gasteiger partial charge >= 0.3 is 0 Å². The Morgan fingerprint density at radius 1 is 0.968 bits per heavy atom. The highest BCUT2D eigenvalue weighted by atomic mass is 16.5. The molecule has 0 unspecified atom stereocenters. The summed E-state index contributed by atoms with van der Waals surface area (Å²) in [6.45, 7) is 2.68. The van der Waals surface area contributed by atoms with E-state index in [0.717, 1.165) is 28.7 Å². The number of hydrogen-bond donors (Lipinski definition) is 0. The molecule has 0 aliphatic heterocycles. The summed E-state index contributed by atoms with van der Waals surface area (Å²) in [7, 11) is 3.35. The van der Waals surface area contributed by atoms with Crippen molar-refractivity contribution in [1.29, 1.82) is 0 Å². The van der Waals surface area contributed by atoms with Crippen molar-refractivity contribution in [2.24, 2.45) is 0 Å². The van der Waals surface area contributed by atoms with Crippen molar-refractivity contribution in [3.05, 3.63) is 83.5 Å². The van der Waals surface area contributed by atoms with E-state index in [-0.39, 0.29) is 18.3 Å². The first kappa shape index (κ1) is 20.6. The highest BCUT2D eigenvalue weighted by Gasteiger charge is 2.20. The molecule has 0 saturated carbocycles. The van der Waals surface area contributed by atoms with Gasteiger partial charge in [0.15, 0.2) is 17.3 Å². The Balaban J connectivity index is 1.45. The van der Waals surface area contributed by atoms with Gasteiger partial charge in [-0.3, -0.25) is 4.79 Å². The van der Waals surface area contributed by atoms with E-state index in [1.807, 2.05) is 55.5 Å². The van der Waals surface area contributed by atoms with Gasteiger partial charge in [0.25, 0.3) is 5.91 Å². The van der Waals surface area contributed by atoms with Crippen molar-refractivity contribution < 1.29 is 23.1 Å². The molecule has 6 nitrogen and oxygen atoms in total. The van der Waals surface area contributed by atoms with Crippen LogP contribution >= 0.6 is 0 Å². The van der Waals surface area contributed by atoms with E-state index in [1.54, 1.807) is 31.2 Å². The van der Waals surface area contributed by atoms with Gasteiger partial charge in [-0.1, -0.05) is 37.3 Å². The minimum Gasteiger partial charge on any atom is -0.493 e. The summed E-state index contributed by atoms with van der Waals surface area (Å²) in [6, 6.07) is 18.7. The average Bonchev–Trinajstić information content (AvgIpc) is 3.42. The molecule has 0 atom stereocenters. The maximum absolute atomic E-state index is 12.9. The number of carbonyl (C=O) groups is 1. The summed E-state index contributed by atoms with van der Waals surface area (Å²) in [5.41, 5.74) is 1.87. The van der Waals surface area contributed by atoms with Gasteiger partial charge in [0.05, 0.1) is 7.11 Å². The van der Waals surface area contributed by atoms with E-state index in [1.165, 1.54) is 0 Å².